The average Bonchev–Trinajstić information content (AvgIpc) is 3.08. The molecule has 0 spiro atoms. The minimum absolute atomic E-state index is 0.104. The molecule has 0 N–H and O–H groups in total. The predicted molar refractivity (Wildman–Crippen MR) is 104 cm³/mol. The third kappa shape index (κ3) is 3.22. The van der Waals surface area contributed by atoms with Crippen LogP contribution in [-0.4, -0.2) is 42.0 Å². The minimum Gasteiger partial charge on any atom is -0.345 e. The van der Waals surface area contributed by atoms with Gasteiger partial charge in [0.1, 0.15) is 5.52 Å². The zero-order valence-corrected chi connectivity index (χ0v) is 15.5. The summed E-state index contributed by atoms with van der Waals surface area (Å²) >= 11 is 7.88. The van der Waals surface area contributed by atoms with Gasteiger partial charge in [-0.3, -0.25) is 4.79 Å². The van der Waals surface area contributed by atoms with Crippen molar-refractivity contribution < 1.29 is 4.79 Å². The van der Waals surface area contributed by atoms with E-state index in [1.807, 2.05) is 54.3 Å². The number of carbonyl (C=O) groups excluding carboxylic acids is 1. The highest BCUT2D eigenvalue weighted by Crippen LogP contribution is 2.33. The predicted octanol–water partition coefficient (Wildman–Crippen LogP) is 4.22. The summed E-state index contributed by atoms with van der Waals surface area (Å²) in [6, 6.07) is 13.6. The van der Waals surface area contributed by atoms with Crippen molar-refractivity contribution in [3.63, 3.8) is 0 Å². The number of aryl methyl sites for hydroxylation is 1. The number of halogens is 1. The number of thiazole rings is 1. The Balaban J connectivity index is 1.46. The third-order valence-corrected chi connectivity index (χ3v) is 5.88. The van der Waals surface area contributed by atoms with E-state index >= 15 is 0 Å². The van der Waals surface area contributed by atoms with Gasteiger partial charge in [0.25, 0.3) is 5.91 Å². The number of aromatic nitrogens is 1. The zero-order chi connectivity index (χ0) is 17.4. The first-order valence-corrected chi connectivity index (χ1v) is 9.47. The van der Waals surface area contributed by atoms with Crippen LogP contribution in [0.2, 0.25) is 5.02 Å². The van der Waals surface area contributed by atoms with Crippen LogP contribution in [-0.2, 0) is 0 Å². The fraction of sp³-hybridized carbons (Fsp3) is 0.263. The summed E-state index contributed by atoms with van der Waals surface area (Å²) in [5.41, 5.74) is 2.78. The molecule has 0 atom stereocenters. The van der Waals surface area contributed by atoms with E-state index in [0.717, 1.165) is 39.6 Å². The number of piperazine rings is 1. The average molecular weight is 372 g/mol. The van der Waals surface area contributed by atoms with Crippen molar-refractivity contribution in [3.05, 3.63) is 58.6 Å². The highest BCUT2D eigenvalue weighted by Gasteiger charge is 2.24. The highest BCUT2D eigenvalue weighted by atomic mass is 35.5. The maximum Gasteiger partial charge on any atom is 0.253 e. The molecule has 4 nitrogen and oxygen atoms in total. The Kier molecular flexibility index (Phi) is 4.36. The van der Waals surface area contributed by atoms with Crippen molar-refractivity contribution >= 4 is 44.2 Å². The summed E-state index contributed by atoms with van der Waals surface area (Å²) in [6.45, 7) is 5.01. The number of fused-ring (bicyclic) bond motifs is 1. The van der Waals surface area contributed by atoms with E-state index in [0.29, 0.717) is 18.1 Å². The number of amides is 1. The van der Waals surface area contributed by atoms with Crippen LogP contribution in [0.5, 0.6) is 0 Å². The number of hydrogen-bond donors (Lipinski definition) is 0. The quantitative estimate of drug-likeness (QED) is 0.676. The Bertz CT molecular complexity index is 914. The van der Waals surface area contributed by atoms with E-state index in [9.17, 15) is 4.79 Å². The van der Waals surface area contributed by atoms with E-state index < -0.39 is 0 Å². The molecule has 1 aliphatic rings. The topological polar surface area (TPSA) is 36.4 Å². The summed E-state index contributed by atoms with van der Waals surface area (Å²) in [5.74, 6) is 0.104. The van der Waals surface area contributed by atoms with Crippen molar-refractivity contribution in [3.8, 4) is 0 Å². The molecule has 1 aliphatic heterocycles. The molecule has 0 saturated carbocycles. The van der Waals surface area contributed by atoms with Gasteiger partial charge in [-0.15, -0.1) is 0 Å². The molecule has 2 heterocycles. The maximum absolute atomic E-state index is 12.6. The molecule has 2 aromatic carbocycles. The number of hydrogen-bond acceptors (Lipinski definition) is 4. The van der Waals surface area contributed by atoms with E-state index in [1.54, 1.807) is 11.3 Å². The molecule has 4 rings (SSSR count). The minimum atomic E-state index is 0.104. The van der Waals surface area contributed by atoms with Gasteiger partial charge in [0.05, 0.1) is 9.72 Å². The number of para-hydroxylation sites is 1. The molecule has 0 bridgehead atoms. The zero-order valence-electron chi connectivity index (χ0n) is 13.9. The largest absolute Gasteiger partial charge is 0.345 e. The molecule has 1 fully saturated rings. The normalized spacial score (nSPS) is 15.0. The lowest BCUT2D eigenvalue weighted by Gasteiger charge is -2.34. The van der Waals surface area contributed by atoms with Crippen LogP contribution in [0.15, 0.2) is 42.5 Å². The number of carbonyl (C=O) groups is 1. The number of anilines is 1. The molecule has 0 unspecified atom stereocenters. The van der Waals surface area contributed by atoms with Crippen LogP contribution >= 0.6 is 22.9 Å². The van der Waals surface area contributed by atoms with Gasteiger partial charge in [-0.2, -0.15) is 0 Å². The Morgan fingerprint density at radius 3 is 2.48 bits per heavy atom. The Labute approximate surface area is 155 Å². The number of nitrogens with zero attached hydrogens (tertiary/aromatic N) is 3. The number of benzene rings is 2. The summed E-state index contributed by atoms with van der Waals surface area (Å²) in [4.78, 5) is 21.5. The Morgan fingerprint density at radius 1 is 1.08 bits per heavy atom. The molecule has 0 radical (unpaired) electrons. The molecule has 25 heavy (non-hydrogen) atoms. The van der Waals surface area contributed by atoms with E-state index in [-0.39, 0.29) is 5.91 Å². The molecule has 6 heteroatoms. The van der Waals surface area contributed by atoms with Crippen molar-refractivity contribution in [2.45, 2.75) is 6.92 Å². The maximum atomic E-state index is 12.6. The molecule has 1 aromatic heterocycles. The fourth-order valence-corrected chi connectivity index (χ4v) is 4.34. The van der Waals surface area contributed by atoms with Crippen molar-refractivity contribution in [1.82, 2.24) is 9.88 Å². The first kappa shape index (κ1) is 16.4. The Morgan fingerprint density at radius 2 is 1.80 bits per heavy atom. The fourth-order valence-electron chi connectivity index (χ4n) is 3.02. The van der Waals surface area contributed by atoms with Gasteiger partial charge in [-0.05, 0) is 31.2 Å². The van der Waals surface area contributed by atoms with Gasteiger partial charge in [0.2, 0.25) is 0 Å². The highest BCUT2D eigenvalue weighted by molar-refractivity contribution is 7.22. The van der Waals surface area contributed by atoms with Crippen molar-refractivity contribution in [2.24, 2.45) is 0 Å². The lowest BCUT2D eigenvalue weighted by molar-refractivity contribution is 0.0747. The molecular weight excluding hydrogens is 354 g/mol. The summed E-state index contributed by atoms with van der Waals surface area (Å²) < 4.78 is 1.10. The van der Waals surface area contributed by atoms with Gasteiger partial charge in [0, 0.05) is 31.7 Å². The summed E-state index contributed by atoms with van der Waals surface area (Å²) in [6.07, 6.45) is 0. The molecule has 128 valence electrons. The smallest absolute Gasteiger partial charge is 0.253 e. The second kappa shape index (κ2) is 6.65. The van der Waals surface area contributed by atoms with Crippen LogP contribution in [0.3, 0.4) is 0 Å². The third-order valence-electron chi connectivity index (χ3n) is 4.49. The van der Waals surface area contributed by atoms with Gasteiger partial charge in [0.15, 0.2) is 5.13 Å². The molecule has 0 aliphatic carbocycles. The molecule has 1 amide bonds. The van der Waals surface area contributed by atoms with Crippen LogP contribution in [0, 0.1) is 6.92 Å². The van der Waals surface area contributed by atoms with Crippen LogP contribution in [0.1, 0.15) is 15.9 Å². The SMILES string of the molecule is Cc1ccc(C(=O)N2CCN(c3nc4c(Cl)cccc4s3)CC2)cc1. The van der Waals surface area contributed by atoms with Crippen molar-refractivity contribution in [2.75, 3.05) is 31.1 Å². The Hall–Kier alpha value is -2.11. The second-order valence-corrected chi connectivity index (χ2v) is 7.64. The molecule has 3 aromatic rings. The molecule has 1 saturated heterocycles. The van der Waals surface area contributed by atoms with Crippen LogP contribution < -0.4 is 4.90 Å². The second-order valence-electron chi connectivity index (χ2n) is 6.23. The van der Waals surface area contributed by atoms with Crippen molar-refractivity contribution in [1.29, 1.82) is 0 Å². The lowest BCUT2D eigenvalue weighted by Crippen LogP contribution is -2.48. The monoisotopic (exact) mass is 371 g/mol. The molecular formula is C19H18ClN3OS. The van der Waals surface area contributed by atoms with E-state index in [2.05, 4.69) is 9.88 Å². The first-order chi connectivity index (χ1) is 12.1. The van der Waals surface area contributed by atoms with Gasteiger partial charge in [-0.1, -0.05) is 46.7 Å². The van der Waals surface area contributed by atoms with E-state index in [4.69, 9.17) is 11.6 Å². The van der Waals surface area contributed by atoms with Gasteiger partial charge < -0.3 is 9.80 Å². The standard InChI is InChI=1S/C19H18ClN3OS/c1-13-5-7-14(8-6-13)18(24)22-9-11-23(12-10-22)19-21-17-15(20)3-2-4-16(17)25-19/h2-8H,9-12H2,1H3. The first-order valence-electron chi connectivity index (χ1n) is 8.28. The summed E-state index contributed by atoms with van der Waals surface area (Å²) in [7, 11) is 0. The van der Waals surface area contributed by atoms with Crippen LogP contribution in [0.25, 0.3) is 10.2 Å². The van der Waals surface area contributed by atoms with E-state index in [1.165, 1.54) is 0 Å². The summed E-state index contributed by atoms with van der Waals surface area (Å²) in [5, 5.41) is 1.67. The van der Waals surface area contributed by atoms with Gasteiger partial charge >= 0.3 is 0 Å². The van der Waals surface area contributed by atoms with Gasteiger partial charge in [-0.25, -0.2) is 4.98 Å². The number of rotatable bonds is 2. The lowest BCUT2D eigenvalue weighted by atomic mass is 10.1. The van der Waals surface area contributed by atoms with Crippen LogP contribution in [0.4, 0.5) is 5.13 Å².